The fraction of sp³-hybridized carbons (Fsp3) is 0.562. The van der Waals surface area contributed by atoms with Crippen LogP contribution in [0.25, 0.3) is 0 Å². The maximum Gasteiger partial charge on any atom is 0.257 e. The molecule has 0 bridgehead atoms. The molecule has 0 saturated carbocycles. The number of amides is 1. The SMILES string of the molecule is COc1ccc(S(=O)(=O)N(C)C)cc1C(=O)N1C[C@H](C)O[C@@H](C)C1. The van der Waals surface area contributed by atoms with Crippen LogP contribution in [0, 0.1) is 0 Å². The van der Waals surface area contributed by atoms with Crippen molar-refractivity contribution < 1.29 is 22.7 Å². The highest BCUT2D eigenvalue weighted by molar-refractivity contribution is 7.89. The van der Waals surface area contributed by atoms with Crippen molar-refractivity contribution in [1.29, 1.82) is 0 Å². The second-order valence-electron chi connectivity index (χ2n) is 6.12. The van der Waals surface area contributed by atoms with Crippen LogP contribution in [0.4, 0.5) is 0 Å². The van der Waals surface area contributed by atoms with Gasteiger partial charge in [-0.25, -0.2) is 12.7 Å². The van der Waals surface area contributed by atoms with E-state index in [0.29, 0.717) is 18.8 Å². The summed E-state index contributed by atoms with van der Waals surface area (Å²) in [6.07, 6.45) is -0.144. The van der Waals surface area contributed by atoms with E-state index < -0.39 is 10.0 Å². The Morgan fingerprint density at radius 1 is 1.25 bits per heavy atom. The summed E-state index contributed by atoms with van der Waals surface area (Å²) >= 11 is 0. The van der Waals surface area contributed by atoms with Gasteiger partial charge in [-0.15, -0.1) is 0 Å². The molecule has 1 saturated heterocycles. The minimum Gasteiger partial charge on any atom is -0.496 e. The molecule has 2 rings (SSSR count). The molecule has 7 nitrogen and oxygen atoms in total. The maximum atomic E-state index is 12.9. The Bertz CT molecular complexity index is 707. The first kappa shape index (κ1) is 18.7. The zero-order valence-corrected chi connectivity index (χ0v) is 15.5. The lowest BCUT2D eigenvalue weighted by Crippen LogP contribution is -2.48. The Labute approximate surface area is 143 Å². The van der Waals surface area contributed by atoms with E-state index in [9.17, 15) is 13.2 Å². The van der Waals surface area contributed by atoms with Gasteiger partial charge in [0.15, 0.2) is 0 Å². The van der Waals surface area contributed by atoms with Crippen LogP contribution in [0.5, 0.6) is 5.75 Å². The third kappa shape index (κ3) is 3.71. The molecule has 0 spiro atoms. The lowest BCUT2D eigenvalue weighted by Gasteiger charge is -2.35. The average molecular weight is 356 g/mol. The van der Waals surface area contributed by atoms with Crippen LogP contribution < -0.4 is 4.74 Å². The number of rotatable bonds is 4. The number of hydrogen-bond acceptors (Lipinski definition) is 5. The van der Waals surface area contributed by atoms with Crippen LogP contribution in [0.2, 0.25) is 0 Å². The first-order valence-corrected chi connectivity index (χ1v) is 9.16. The van der Waals surface area contributed by atoms with E-state index in [1.807, 2.05) is 13.8 Å². The van der Waals surface area contributed by atoms with Gasteiger partial charge in [0.1, 0.15) is 5.75 Å². The Hall–Kier alpha value is -1.64. The van der Waals surface area contributed by atoms with Crippen molar-refractivity contribution in [3.05, 3.63) is 23.8 Å². The topological polar surface area (TPSA) is 76.2 Å². The van der Waals surface area contributed by atoms with E-state index in [1.165, 1.54) is 39.4 Å². The van der Waals surface area contributed by atoms with Crippen molar-refractivity contribution in [1.82, 2.24) is 9.21 Å². The largest absolute Gasteiger partial charge is 0.496 e. The van der Waals surface area contributed by atoms with E-state index in [2.05, 4.69) is 0 Å². The minimum atomic E-state index is -3.63. The highest BCUT2D eigenvalue weighted by atomic mass is 32.2. The normalized spacial score (nSPS) is 21.8. The van der Waals surface area contributed by atoms with Crippen LogP contribution in [0.1, 0.15) is 24.2 Å². The molecular formula is C16H24N2O5S. The number of sulfonamides is 1. The molecule has 0 aliphatic carbocycles. The summed E-state index contributed by atoms with van der Waals surface area (Å²) in [5.74, 6) is 0.0918. The van der Waals surface area contributed by atoms with E-state index in [1.54, 1.807) is 4.90 Å². The molecule has 1 aromatic rings. The van der Waals surface area contributed by atoms with Gasteiger partial charge < -0.3 is 14.4 Å². The zero-order valence-electron chi connectivity index (χ0n) is 14.6. The number of nitrogens with zero attached hydrogens (tertiary/aromatic N) is 2. The van der Waals surface area contributed by atoms with Crippen LogP contribution in [0.3, 0.4) is 0 Å². The molecule has 1 amide bonds. The molecule has 0 unspecified atom stereocenters. The van der Waals surface area contributed by atoms with E-state index >= 15 is 0 Å². The lowest BCUT2D eigenvalue weighted by atomic mass is 10.1. The van der Waals surface area contributed by atoms with Crippen molar-refractivity contribution in [3.8, 4) is 5.75 Å². The van der Waals surface area contributed by atoms with Crippen molar-refractivity contribution in [2.75, 3.05) is 34.3 Å². The van der Waals surface area contributed by atoms with Gasteiger partial charge in [0.25, 0.3) is 5.91 Å². The van der Waals surface area contributed by atoms with Gasteiger partial charge in [0.05, 0.1) is 29.8 Å². The Balaban J connectivity index is 2.42. The molecule has 8 heteroatoms. The maximum absolute atomic E-state index is 12.9. The van der Waals surface area contributed by atoms with Crippen LogP contribution >= 0.6 is 0 Å². The van der Waals surface area contributed by atoms with Crippen molar-refractivity contribution in [2.45, 2.75) is 31.0 Å². The first-order valence-electron chi connectivity index (χ1n) is 7.72. The van der Waals surface area contributed by atoms with Gasteiger partial charge in [0, 0.05) is 27.2 Å². The zero-order chi connectivity index (χ0) is 18.1. The highest BCUT2D eigenvalue weighted by Crippen LogP contribution is 2.26. The summed E-state index contributed by atoms with van der Waals surface area (Å²) in [5, 5.41) is 0. The summed E-state index contributed by atoms with van der Waals surface area (Å²) in [7, 11) is 0.729. The molecule has 1 aliphatic heterocycles. The van der Waals surface area contributed by atoms with Gasteiger partial charge in [-0.3, -0.25) is 4.79 Å². The number of benzene rings is 1. The molecule has 1 heterocycles. The number of hydrogen-bond donors (Lipinski definition) is 0. The lowest BCUT2D eigenvalue weighted by molar-refractivity contribution is -0.0586. The Morgan fingerprint density at radius 3 is 2.33 bits per heavy atom. The number of methoxy groups -OCH3 is 1. The van der Waals surface area contributed by atoms with E-state index in [-0.39, 0.29) is 28.6 Å². The summed E-state index contributed by atoms with van der Waals surface area (Å²) in [6, 6.07) is 4.33. The smallest absolute Gasteiger partial charge is 0.257 e. The Kier molecular flexibility index (Phi) is 5.52. The molecular weight excluding hydrogens is 332 g/mol. The van der Waals surface area contributed by atoms with Crippen LogP contribution in [0.15, 0.2) is 23.1 Å². The molecule has 0 aromatic heterocycles. The number of carbonyl (C=O) groups is 1. The van der Waals surface area contributed by atoms with Gasteiger partial charge in [-0.1, -0.05) is 0 Å². The summed E-state index contributed by atoms with van der Waals surface area (Å²) < 4.78 is 36.7. The Morgan fingerprint density at radius 2 is 1.83 bits per heavy atom. The third-order valence-corrected chi connectivity index (χ3v) is 5.70. The molecule has 0 N–H and O–H groups in total. The first-order chi connectivity index (χ1) is 11.2. The fourth-order valence-electron chi connectivity index (χ4n) is 2.74. The van der Waals surface area contributed by atoms with Gasteiger partial charge >= 0.3 is 0 Å². The summed E-state index contributed by atoms with van der Waals surface area (Å²) in [4.78, 5) is 14.6. The summed E-state index contributed by atoms with van der Waals surface area (Å²) in [6.45, 7) is 4.72. The third-order valence-electron chi connectivity index (χ3n) is 3.89. The molecule has 2 atom stereocenters. The predicted molar refractivity (Wildman–Crippen MR) is 89.8 cm³/mol. The molecule has 24 heavy (non-hydrogen) atoms. The van der Waals surface area contributed by atoms with Crippen molar-refractivity contribution >= 4 is 15.9 Å². The second-order valence-corrected chi connectivity index (χ2v) is 8.27. The second kappa shape index (κ2) is 7.08. The van der Waals surface area contributed by atoms with E-state index in [4.69, 9.17) is 9.47 Å². The van der Waals surface area contributed by atoms with Gasteiger partial charge in [-0.05, 0) is 32.0 Å². The summed E-state index contributed by atoms with van der Waals surface area (Å²) in [5.41, 5.74) is 0.238. The number of carbonyl (C=O) groups excluding carboxylic acids is 1. The van der Waals surface area contributed by atoms with Gasteiger partial charge in [0.2, 0.25) is 10.0 Å². The van der Waals surface area contributed by atoms with Crippen molar-refractivity contribution in [3.63, 3.8) is 0 Å². The standard InChI is InChI=1S/C16H24N2O5S/c1-11-9-18(10-12(2)23-11)16(19)14-8-13(6-7-15(14)22-5)24(20,21)17(3)4/h6-8,11-12H,9-10H2,1-5H3/t11-,12-/m0/s1. The molecule has 134 valence electrons. The van der Waals surface area contributed by atoms with Crippen LogP contribution in [-0.2, 0) is 14.8 Å². The molecule has 1 aromatic carbocycles. The monoisotopic (exact) mass is 356 g/mol. The quantitative estimate of drug-likeness (QED) is 0.810. The average Bonchev–Trinajstić information content (AvgIpc) is 2.52. The van der Waals surface area contributed by atoms with E-state index in [0.717, 1.165) is 4.31 Å². The number of morpholine rings is 1. The van der Waals surface area contributed by atoms with Gasteiger partial charge in [-0.2, -0.15) is 0 Å². The molecule has 0 radical (unpaired) electrons. The number of ether oxygens (including phenoxy) is 2. The van der Waals surface area contributed by atoms with Crippen LogP contribution in [-0.4, -0.2) is 70.0 Å². The predicted octanol–water partition coefficient (Wildman–Crippen LogP) is 1.19. The molecule has 1 fully saturated rings. The minimum absolute atomic E-state index is 0.0611. The molecule has 1 aliphatic rings. The fourth-order valence-corrected chi connectivity index (χ4v) is 3.67. The van der Waals surface area contributed by atoms with Crippen molar-refractivity contribution in [2.24, 2.45) is 0 Å². The highest BCUT2D eigenvalue weighted by Gasteiger charge is 2.29.